The zero-order valence-corrected chi connectivity index (χ0v) is 13.0. The number of ether oxygens (including phenoxy) is 1. The van der Waals surface area contributed by atoms with E-state index in [9.17, 15) is 9.59 Å². The van der Waals surface area contributed by atoms with Gasteiger partial charge in [-0.25, -0.2) is 9.59 Å². The standard InChI is InChI=1S/C13H17BrN2O4/c1-7(2)11(12(17)18)16-13(19)15-9-4-8(14)5-10(6-9)20-3/h4-7,11H,1-3H3,(H,17,18)(H2,15,16,19)/t11-/m0/s1. The molecule has 0 spiro atoms. The summed E-state index contributed by atoms with van der Waals surface area (Å²) >= 11 is 3.30. The zero-order valence-electron chi connectivity index (χ0n) is 11.4. The van der Waals surface area contributed by atoms with Crippen molar-refractivity contribution in [1.29, 1.82) is 0 Å². The van der Waals surface area contributed by atoms with E-state index in [1.165, 1.54) is 7.11 Å². The number of halogens is 1. The Morgan fingerprint density at radius 1 is 1.30 bits per heavy atom. The number of carbonyl (C=O) groups excluding carboxylic acids is 1. The number of methoxy groups -OCH3 is 1. The van der Waals surface area contributed by atoms with Gasteiger partial charge in [-0.1, -0.05) is 29.8 Å². The molecule has 0 aromatic heterocycles. The number of amides is 2. The highest BCUT2D eigenvalue weighted by molar-refractivity contribution is 9.10. The van der Waals surface area contributed by atoms with Crippen LogP contribution in [0.4, 0.5) is 10.5 Å². The molecule has 0 radical (unpaired) electrons. The predicted octanol–water partition coefficient (Wildman–Crippen LogP) is 2.69. The number of aliphatic carboxylic acids is 1. The second-order valence-electron chi connectivity index (χ2n) is 4.54. The van der Waals surface area contributed by atoms with E-state index in [1.807, 2.05) is 0 Å². The molecule has 7 heteroatoms. The van der Waals surface area contributed by atoms with Gasteiger partial charge in [0.25, 0.3) is 0 Å². The summed E-state index contributed by atoms with van der Waals surface area (Å²) < 4.78 is 5.82. The van der Waals surface area contributed by atoms with Gasteiger partial charge in [-0.3, -0.25) is 0 Å². The summed E-state index contributed by atoms with van der Waals surface area (Å²) in [5.41, 5.74) is 0.501. The van der Waals surface area contributed by atoms with Crippen LogP contribution in [0.5, 0.6) is 5.75 Å². The smallest absolute Gasteiger partial charge is 0.326 e. The number of anilines is 1. The maximum absolute atomic E-state index is 11.8. The fourth-order valence-corrected chi connectivity index (χ4v) is 2.05. The first-order valence-corrected chi connectivity index (χ1v) is 6.77. The van der Waals surface area contributed by atoms with Crippen LogP contribution in [-0.2, 0) is 4.79 Å². The third-order valence-electron chi connectivity index (χ3n) is 2.58. The average Bonchev–Trinajstić information content (AvgIpc) is 2.34. The Morgan fingerprint density at radius 2 is 1.95 bits per heavy atom. The molecule has 0 heterocycles. The van der Waals surface area contributed by atoms with Crippen molar-refractivity contribution in [3.05, 3.63) is 22.7 Å². The molecule has 0 aliphatic heterocycles. The van der Waals surface area contributed by atoms with Crippen molar-refractivity contribution in [3.63, 3.8) is 0 Å². The highest BCUT2D eigenvalue weighted by Gasteiger charge is 2.23. The van der Waals surface area contributed by atoms with Crippen molar-refractivity contribution in [3.8, 4) is 5.75 Å². The zero-order chi connectivity index (χ0) is 15.3. The molecule has 0 saturated heterocycles. The monoisotopic (exact) mass is 344 g/mol. The van der Waals surface area contributed by atoms with Crippen LogP contribution in [0.2, 0.25) is 0 Å². The number of carbonyl (C=O) groups is 2. The topological polar surface area (TPSA) is 87.7 Å². The number of hydrogen-bond donors (Lipinski definition) is 3. The maximum atomic E-state index is 11.8. The Balaban J connectivity index is 2.75. The van der Waals surface area contributed by atoms with Gasteiger partial charge in [-0.2, -0.15) is 0 Å². The molecular weight excluding hydrogens is 328 g/mol. The highest BCUT2D eigenvalue weighted by Crippen LogP contribution is 2.24. The van der Waals surface area contributed by atoms with Crippen molar-refractivity contribution in [2.24, 2.45) is 5.92 Å². The lowest BCUT2D eigenvalue weighted by atomic mass is 10.1. The number of carboxylic acids is 1. The number of nitrogens with one attached hydrogen (secondary N) is 2. The molecule has 1 aromatic rings. The largest absolute Gasteiger partial charge is 0.497 e. The quantitative estimate of drug-likeness (QED) is 0.766. The molecule has 1 aromatic carbocycles. The fourth-order valence-electron chi connectivity index (χ4n) is 1.57. The van der Waals surface area contributed by atoms with Crippen LogP contribution in [0.3, 0.4) is 0 Å². The molecule has 0 aliphatic rings. The van der Waals surface area contributed by atoms with Crippen molar-refractivity contribution < 1.29 is 19.4 Å². The third-order valence-corrected chi connectivity index (χ3v) is 3.04. The maximum Gasteiger partial charge on any atom is 0.326 e. The van der Waals surface area contributed by atoms with Gasteiger partial charge >= 0.3 is 12.0 Å². The lowest BCUT2D eigenvalue weighted by Crippen LogP contribution is -2.46. The minimum atomic E-state index is -1.07. The van der Waals surface area contributed by atoms with Gasteiger partial charge in [0.15, 0.2) is 0 Å². The average molecular weight is 345 g/mol. The van der Waals surface area contributed by atoms with E-state index >= 15 is 0 Å². The number of hydrogen-bond acceptors (Lipinski definition) is 3. The number of rotatable bonds is 5. The molecule has 0 saturated carbocycles. The normalized spacial score (nSPS) is 11.8. The van der Waals surface area contributed by atoms with E-state index in [0.717, 1.165) is 4.47 Å². The molecule has 2 amide bonds. The van der Waals surface area contributed by atoms with Crippen LogP contribution in [0, 0.1) is 5.92 Å². The van der Waals surface area contributed by atoms with Gasteiger partial charge in [0.1, 0.15) is 11.8 Å². The van der Waals surface area contributed by atoms with Gasteiger partial charge < -0.3 is 20.5 Å². The Hall–Kier alpha value is -1.76. The molecule has 1 atom stereocenters. The predicted molar refractivity (Wildman–Crippen MR) is 79.1 cm³/mol. The van der Waals surface area contributed by atoms with Gasteiger partial charge in [0.2, 0.25) is 0 Å². The molecule has 0 bridgehead atoms. The molecular formula is C13H17BrN2O4. The van der Waals surface area contributed by atoms with Crippen LogP contribution in [0.15, 0.2) is 22.7 Å². The fraction of sp³-hybridized carbons (Fsp3) is 0.385. The second-order valence-corrected chi connectivity index (χ2v) is 5.45. The number of benzene rings is 1. The second kappa shape index (κ2) is 7.14. The number of carboxylic acid groups (broad SMARTS) is 1. The lowest BCUT2D eigenvalue weighted by molar-refractivity contribution is -0.140. The van der Waals surface area contributed by atoms with Crippen molar-refractivity contribution >= 4 is 33.6 Å². The summed E-state index contributed by atoms with van der Waals surface area (Å²) in [5.74, 6) is -0.703. The Morgan fingerprint density at radius 3 is 2.45 bits per heavy atom. The SMILES string of the molecule is COc1cc(Br)cc(NC(=O)N[C@H](C(=O)O)C(C)C)c1. The molecule has 1 rings (SSSR count). The molecule has 0 aliphatic carbocycles. The van der Waals surface area contributed by atoms with Crippen molar-refractivity contribution in [1.82, 2.24) is 5.32 Å². The molecule has 0 fully saturated rings. The molecule has 20 heavy (non-hydrogen) atoms. The minimum absolute atomic E-state index is 0.213. The Kier molecular flexibility index (Phi) is 5.82. The van der Waals surface area contributed by atoms with Gasteiger partial charge in [-0.05, 0) is 18.1 Å². The van der Waals surface area contributed by atoms with Crippen LogP contribution < -0.4 is 15.4 Å². The molecule has 3 N–H and O–H groups in total. The van der Waals surface area contributed by atoms with E-state index in [-0.39, 0.29) is 5.92 Å². The molecule has 6 nitrogen and oxygen atoms in total. The third kappa shape index (κ3) is 4.73. The van der Waals surface area contributed by atoms with Crippen LogP contribution in [0.1, 0.15) is 13.8 Å². The van der Waals surface area contributed by atoms with E-state index in [0.29, 0.717) is 11.4 Å². The van der Waals surface area contributed by atoms with E-state index in [1.54, 1.807) is 32.0 Å². The number of urea groups is 1. The summed E-state index contributed by atoms with van der Waals surface area (Å²) in [7, 11) is 1.52. The van der Waals surface area contributed by atoms with Crippen molar-refractivity contribution in [2.45, 2.75) is 19.9 Å². The van der Waals surface area contributed by atoms with Gasteiger partial charge in [-0.15, -0.1) is 0 Å². The van der Waals surface area contributed by atoms with Gasteiger partial charge in [0.05, 0.1) is 7.11 Å². The highest BCUT2D eigenvalue weighted by atomic mass is 79.9. The summed E-state index contributed by atoms with van der Waals surface area (Å²) in [6, 6.07) is 3.55. The van der Waals surface area contributed by atoms with Crippen LogP contribution in [-0.4, -0.2) is 30.3 Å². The first-order chi connectivity index (χ1) is 9.33. The first-order valence-electron chi connectivity index (χ1n) is 5.98. The summed E-state index contributed by atoms with van der Waals surface area (Å²) in [6.07, 6.45) is 0. The van der Waals surface area contributed by atoms with Gasteiger partial charge in [0, 0.05) is 16.2 Å². The Labute approximate surface area is 125 Å². The van der Waals surface area contributed by atoms with Crippen LogP contribution in [0.25, 0.3) is 0 Å². The summed E-state index contributed by atoms with van der Waals surface area (Å²) in [4.78, 5) is 22.8. The van der Waals surface area contributed by atoms with Crippen LogP contribution >= 0.6 is 15.9 Å². The summed E-state index contributed by atoms with van der Waals surface area (Å²) in [6.45, 7) is 3.45. The Bertz CT molecular complexity index is 505. The molecule has 0 unspecified atom stereocenters. The first kappa shape index (κ1) is 16.3. The lowest BCUT2D eigenvalue weighted by Gasteiger charge is -2.18. The van der Waals surface area contributed by atoms with E-state index < -0.39 is 18.0 Å². The van der Waals surface area contributed by atoms with E-state index in [2.05, 4.69) is 26.6 Å². The van der Waals surface area contributed by atoms with Crippen molar-refractivity contribution in [2.75, 3.05) is 12.4 Å². The summed E-state index contributed by atoms with van der Waals surface area (Å²) in [5, 5.41) is 14.0. The molecule has 110 valence electrons. The van der Waals surface area contributed by atoms with E-state index in [4.69, 9.17) is 9.84 Å². The minimum Gasteiger partial charge on any atom is -0.497 e.